The van der Waals surface area contributed by atoms with Gasteiger partial charge >= 0.3 is 0 Å². The highest BCUT2D eigenvalue weighted by atomic mass is 32.1. The third-order valence-electron chi connectivity index (χ3n) is 6.46. The van der Waals surface area contributed by atoms with Gasteiger partial charge in [0.25, 0.3) is 0 Å². The molecule has 3 heterocycles. The number of thiocarbonyl (C=S) groups is 1. The summed E-state index contributed by atoms with van der Waals surface area (Å²) in [6, 6.07) is 4.89. The van der Waals surface area contributed by atoms with Crippen LogP contribution in [0.4, 0.5) is 0 Å². The predicted molar refractivity (Wildman–Crippen MR) is 134 cm³/mol. The van der Waals surface area contributed by atoms with Crippen LogP contribution >= 0.6 is 12.2 Å². The van der Waals surface area contributed by atoms with Crippen molar-refractivity contribution in [2.24, 2.45) is 0 Å². The zero-order valence-electron chi connectivity index (χ0n) is 20.8. The molecule has 3 N–H and O–H groups in total. The first-order chi connectivity index (χ1) is 14.2. The van der Waals surface area contributed by atoms with Crippen LogP contribution in [0.15, 0.2) is 24.5 Å². The minimum absolute atomic E-state index is 0.0635. The maximum absolute atomic E-state index is 6.09. The molecule has 0 aliphatic carbocycles. The smallest absolute Gasteiger partial charge is 0.169 e. The van der Waals surface area contributed by atoms with Gasteiger partial charge in [-0.1, -0.05) is 6.07 Å². The van der Waals surface area contributed by atoms with Crippen molar-refractivity contribution in [3.8, 4) is 0 Å². The second-order valence-electron chi connectivity index (χ2n) is 12.4. The van der Waals surface area contributed by atoms with Crippen LogP contribution in [-0.2, 0) is 6.54 Å². The Morgan fingerprint density at radius 2 is 1.48 bits per heavy atom. The van der Waals surface area contributed by atoms with Gasteiger partial charge in [0, 0.05) is 53.2 Å². The van der Waals surface area contributed by atoms with Crippen LogP contribution in [0.1, 0.15) is 86.6 Å². The average molecular weight is 446 g/mol. The lowest BCUT2D eigenvalue weighted by atomic mass is 9.78. The molecule has 2 aliphatic heterocycles. The summed E-state index contributed by atoms with van der Waals surface area (Å²) in [5, 5.41) is 12.2. The minimum Gasteiger partial charge on any atom is -0.360 e. The number of nitrogens with zero attached hydrogens (tertiary/aromatic N) is 2. The molecule has 0 aromatic carbocycles. The molecule has 0 amide bonds. The van der Waals surface area contributed by atoms with Crippen LogP contribution in [0.25, 0.3) is 0 Å². The van der Waals surface area contributed by atoms with E-state index < -0.39 is 0 Å². The van der Waals surface area contributed by atoms with Crippen molar-refractivity contribution in [2.45, 2.75) is 122 Å². The van der Waals surface area contributed by atoms with E-state index in [2.05, 4.69) is 87.3 Å². The zero-order chi connectivity index (χ0) is 23.1. The Bertz CT molecular complexity index is 739. The Labute approximate surface area is 195 Å². The fourth-order valence-corrected chi connectivity index (χ4v) is 6.61. The van der Waals surface area contributed by atoms with Gasteiger partial charge in [-0.2, -0.15) is 0 Å². The summed E-state index contributed by atoms with van der Waals surface area (Å²) in [7, 11) is 0. The third-order valence-corrected chi connectivity index (χ3v) is 6.82. The van der Waals surface area contributed by atoms with Crippen LogP contribution in [0.3, 0.4) is 0 Å². The molecule has 5 nitrogen and oxygen atoms in total. The van der Waals surface area contributed by atoms with E-state index in [1.165, 1.54) is 5.56 Å². The Kier molecular flexibility index (Phi) is 6.77. The fraction of sp³-hybridized carbons (Fsp3) is 0.760. The molecule has 0 bridgehead atoms. The minimum atomic E-state index is 0.0635. The van der Waals surface area contributed by atoms with Gasteiger partial charge in [0.2, 0.25) is 0 Å². The molecular weight excluding hydrogens is 402 g/mol. The molecule has 0 atom stereocenters. The van der Waals surface area contributed by atoms with Gasteiger partial charge < -0.3 is 20.9 Å². The molecule has 174 valence electrons. The Morgan fingerprint density at radius 1 is 0.968 bits per heavy atom. The lowest BCUT2D eigenvalue weighted by Gasteiger charge is -2.51. The summed E-state index contributed by atoms with van der Waals surface area (Å²) >= 11 is 6.09. The first-order valence-electron chi connectivity index (χ1n) is 11.7. The van der Waals surface area contributed by atoms with Crippen LogP contribution in [-0.4, -0.2) is 49.2 Å². The molecule has 2 saturated heterocycles. The Hall–Kier alpha value is -1.24. The normalized spacial score (nSPS) is 25.0. The first kappa shape index (κ1) is 24.4. The molecule has 1 aromatic heterocycles. The number of rotatable bonds is 4. The number of pyridine rings is 1. The second kappa shape index (κ2) is 8.60. The van der Waals surface area contributed by atoms with Crippen molar-refractivity contribution in [3.05, 3.63) is 30.1 Å². The summed E-state index contributed by atoms with van der Waals surface area (Å²) in [5.74, 6) is 0. The van der Waals surface area contributed by atoms with E-state index in [1.807, 2.05) is 18.5 Å². The summed E-state index contributed by atoms with van der Waals surface area (Å²) in [5.41, 5.74) is 1.50. The van der Waals surface area contributed by atoms with E-state index in [4.69, 9.17) is 12.2 Å². The molecule has 2 aliphatic rings. The quantitative estimate of drug-likeness (QED) is 0.598. The summed E-state index contributed by atoms with van der Waals surface area (Å²) in [6.45, 7) is 19.2. The van der Waals surface area contributed by atoms with Gasteiger partial charge in [0.05, 0.1) is 0 Å². The summed E-state index contributed by atoms with van der Waals surface area (Å²) < 4.78 is 0. The number of aromatic nitrogens is 1. The van der Waals surface area contributed by atoms with Gasteiger partial charge in [-0.3, -0.25) is 4.98 Å². The molecule has 6 heteroatoms. The van der Waals surface area contributed by atoms with E-state index in [-0.39, 0.29) is 22.2 Å². The van der Waals surface area contributed by atoms with Gasteiger partial charge in [-0.25, -0.2) is 0 Å². The van der Waals surface area contributed by atoms with Crippen molar-refractivity contribution < 1.29 is 0 Å². The topological polar surface area (TPSA) is 52.2 Å². The van der Waals surface area contributed by atoms with E-state index in [9.17, 15) is 0 Å². The van der Waals surface area contributed by atoms with Crippen molar-refractivity contribution in [3.63, 3.8) is 0 Å². The summed E-state index contributed by atoms with van der Waals surface area (Å²) in [4.78, 5) is 6.77. The molecule has 0 unspecified atom stereocenters. The van der Waals surface area contributed by atoms with E-state index in [1.54, 1.807) is 0 Å². The van der Waals surface area contributed by atoms with Crippen LogP contribution < -0.4 is 16.0 Å². The molecule has 31 heavy (non-hydrogen) atoms. The van der Waals surface area contributed by atoms with Crippen LogP contribution in [0.5, 0.6) is 0 Å². The van der Waals surface area contributed by atoms with E-state index >= 15 is 0 Å². The number of nitrogens with one attached hydrogen (secondary N) is 3. The highest BCUT2D eigenvalue weighted by Gasteiger charge is 2.42. The van der Waals surface area contributed by atoms with Gasteiger partial charge in [-0.15, -0.1) is 0 Å². The van der Waals surface area contributed by atoms with Crippen LogP contribution in [0, 0.1) is 0 Å². The SMILES string of the molecule is CC1(C)CC(NC(=S)N(Cc2cccnc2)C2CC(C)(C)NC(C)(C)C2)CC(C)(C)N1. The molecule has 0 saturated carbocycles. The molecular formula is C25H43N5S. The predicted octanol–water partition coefficient (Wildman–Crippen LogP) is 4.38. The van der Waals surface area contributed by atoms with Gasteiger partial charge in [0.15, 0.2) is 5.11 Å². The fourth-order valence-electron chi connectivity index (χ4n) is 6.23. The van der Waals surface area contributed by atoms with E-state index in [0.717, 1.165) is 37.3 Å². The zero-order valence-corrected chi connectivity index (χ0v) is 21.6. The molecule has 1 aromatic rings. The molecule has 0 spiro atoms. The van der Waals surface area contributed by atoms with Gasteiger partial charge in [0.1, 0.15) is 0 Å². The monoisotopic (exact) mass is 445 g/mol. The lowest BCUT2D eigenvalue weighted by Crippen LogP contribution is -2.65. The van der Waals surface area contributed by atoms with Gasteiger partial charge in [-0.05, 0) is 105 Å². The van der Waals surface area contributed by atoms with Crippen molar-refractivity contribution >= 4 is 17.3 Å². The van der Waals surface area contributed by atoms with Crippen LogP contribution in [0.2, 0.25) is 0 Å². The Balaban J connectivity index is 1.83. The molecule has 0 radical (unpaired) electrons. The molecule has 3 rings (SSSR count). The Morgan fingerprint density at radius 3 is 1.97 bits per heavy atom. The average Bonchev–Trinajstić information content (AvgIpc) is 2.54. The first-order valence-corrected chi connectivity index (χ1v) is 12.1. The standard InChI is InChI=1S/C25H43N5S/c1-22(2)12-19(13-23(3,4)28-22)27-21(31)30(17-18-10-9-11-26-16-18)20-14-24(5,6)29-25(7,8)15-20/h9-11,16,19-20,28-29H,12-15,17H2,1-8H3,(H,27,31). The second-order valence-corrected chi connectivity index (χ2v) is 12.8. The number of piperidine rings is 2. The highest BCUT2D eigenvalue weighted by molar-refractivity contribution is 7.80. The lowest BCUT2D eigenvalue weighted by molar-refractivity contribution is 0.0972. The van der Waals surface area contributed by atoms with Crippen molar-refractivity contribution in [2.75, 3.05) is 0 Å². The van der Waals surface area contributed by atoms with Crippen molar-refractivity contribution in [1.29, 1.82) is 0 Å². The number of hydrogen-bond donors (Lipinski definition) is 3. The summed E-state index contributed by atoms with van der Waals surface area (Å²) in [6.07, 6.45) is 8.02. The maximum atomic E-state index is 6.09. The van der Waals surface area contributed by atoms with Crippen molar-refractivity contribution in [1.82, 2.24) is 25.8 Å². The highest BCUT2D eigenvalue weighted by Crippen LogP contribution is 2.33. The number of hydrogen-bond acceptors (Lipinski definition) is 4. The largest absolute Gasteiger partial charge is 0.360 e. The third kappa shape index (κ3) is 6.87. The molecule has 2 fully saturated rings. The van der Waals surface area contributed by atoms with E-state index in [0.29, 0.717) is 12.1 Å². The maximum Gasteiger partial charge on any atom is 0.169 e.